The van der Waals surface area contributed by atoms with Crippen molar-refractivity contribution in [2.75, 3.05) is 6.54 Å². The van der Waals surface area contributed by atoms with Gasteiger partial charge in [-0.25, -0.2) is 4.79 Å². The fourth-order valence-corrected chi connectivity index (χ4v) is 0.754. The van der Waals surface area contributed by atoms with Gasteiger partial charge in [0.15, 0.2) is 0 Å². The fourth-order valence-electron chi connectivity index (χ4n) is 0.754. The predicted molar refractivity (Wildman–Crippen MR) is 47.5 cm³/mol. The molecule has 1 N–H and O–H groups in total. The van der Waals surface area contributed by atoms with Crippen molar-refractivity contribution >= 4 is 5.91 Å². The van der Waals surface area contributed by atoms with Crippen molar-refractivity contribution in [2.24, 2.45) is 0 Å². The van der Waals surface area contributed by atoms with E-state index in [-0.39, 0.29) is 5.91 Å². The van der Waals surface area contributed by atoms with Crippen LogP contribution >= 0.6 is 0 Å². The number of nitrogens with one attached hydrogen (secondary N) is 1. The highest BCUT2D eigenvalue weighted by molar-refractivity contribution is 5.93. The molecule has 1 rings (SSSR count). The van der Waals surface area contributed by atoms with Gasteiger partial charge in [-0.2, -0.15) is 0 Å². The van der Waals surface area contributed by atoms with Crippen LogP contribution in [0.25, 0.3) is 0 Å². The van der Waals surface area contributed by atoms with E-state index in [2.05, 4.69) is 16.3 Å². The van der Waals surface area contributed by atoms with Crippen LogP contribution in [-0.2, 0) is 0 Å². The van der Waals surface area contributed by atoms with Gasteiger partial charge in [0.1, 0.15) is 6.26 Å². The second-order valence-electron chi connectivity index (χ2n) is 2.34. The fraction of sp³-hybridized carbons (Fsp3) is 0.111. The van der Waals surface area contributed by atoms with E-state index in [0.717, 1.165) is 6.26 Å². The Balaban J connectivity index is 2.71. The third-order valence-corrected chi connectivity index (χ3v) is 1.37. The topological polar surface area (TPSA) is 59.3 Å². The minimum Gasteiger partial charge on any atom is -0.430 e. The van der Waals surface area contributed by atoms with E-state index in [1.54, 1.807) is 6.08 Å². The molecular formula is C9H9NO3. The maximum Gasteiger partial charge on any atom is 0.335 e. The Morgan fingerprint density at radius 3 is 2.92 bits per heavy atom. The summed E-state index contributed by atoms with van der Waals surface area (Å²) in [6.45, 7) is 3.84. The van der Waals surface area contributed by atoms with E-state index >= 15 is 0 Å². The maximum atomic E-state index is 11.2. The van der Waals surface area contributed by atoms with Crippen molar-refractivity contribution in [1.82, 2.24) is 5.32 Å². The molecule has 0 fully saturated rings. The van der Waals surface area contributed by atoms with Crippen molar-refractivity contribution in [1.29, 1.82) is 0 Å². The van der Waals surface area contributed by atoms with Gasteiger partial charge in [0.05, 0.1) is 5.56 Å². The van der Waals surface area contributed by atoms with Crippen molar-refractivity contribution in [2.45, 2.75) is 0 Å². The lowest BCUT2D eigenvalue weighted by Crippen LogP contribution is -2.23. The number of carbonyl (C=O) groups excluding carboxylic acids is 1. The molecule has 1 aromatic heterocycles. The van der Waals surface area contributed by atoms with Crippen LogP contribution in [0.4, 0.5) is 0 Å². The van der Waals surface area contributed by atoms with Crippen LogP contribution in [0.15, 0.2) is 40.3 Å². The summed E-state index contributed by atoms with van der Waals surface area (Å²) in [4.78, 5) is 21.7. The molecule has 68 valence electrons. The number of carbonyl (C=O) groups is 1. The van der Waals surface area contributed by atoms with E-state index in [0.29, 0.717) is 12.1 Å². The van der Waals surface area contributed by atoms with Crippen LogP contribution in [0.5, 0.6) is 0 Å². The summed E-state index contributed by atoms with van der Waals surface area (Å²) in [5.41, 5.74) is -0.151. The normalized spacial score (nSPS) is 9.23. The van der Waals surface area contributed by atoms with Crippen LogP contribution in [0.2, 0.25) is 0 Å². The van der Waals surface area contributed by atoms with Crippen molar-refractivity contribution in [3.05, 3.63) is 47.0 Å². The van der Waals surface area contributed by atoms with E-state index < -0.39 is 5.63 Å². The quantitative estimate of drug-likeness (QED) is 0.689. The minimum absolute atomic E-state index is 0.288. The van der Waals surface area contributed by atoms with Gasteiger partial charge in [0.2, 0.25) is 0 Å². The highest BCUT2D eigenvalue weighted by Gasteiger charge is 2.03. The van der Waals surface area contributed by atoms with E-state index in [1.807, 2.05) is 0 Å². The zero-order valence-corrected chi connectivity index (χ0v) is 6.95. The molecule has 0 bridgehead atoms. The molecule has 1 amide bonds. The highest BCUT2D eigenvalue weighted by Crippen LogP contribution is 1.93. The van der Waals surface area contributed by atoms with Crippen LogP contribution in [0.3, 0.4) is 0 Å². The van der Waals surface area contributed by atoms with Gasteiger partial charge in [-0.1, -0.05) is 6.08 Å². The third-order valence-electron chi connectivity index (χ3n) is 1.37. The molecule has 0 aliphatic carbocycles. The van der Waals surface area contributed by atoms with E-state index in [1.165, 1.54) is 12.1 Å². The molecule has 0 saturated heterocycles. The zero-order chi connectivity index (χ0) is 9.68. The van der Waals surface area contributed by atoms with Crippen molar-refractivity contribution in [3.63, 3.8) is 0 Å². The van der Waals surface area contributed by atoms with Gasteiger partial charge in [-0.05, 0) is 6.07 Å². The van der Waals surface area contributed by atoms with Gasteiger partial charge < -0.3 is 9.73 Å². The molecule has 4 nitrogen and oxygen atoms in total. The smallest absolute Gasteiger partial charge is 0.335 e. The molecule has 0 aliphatic rings. The summed E-state index contributed by atoms with van der Waals surface area (Å²) in [6.07, 6.45) is 2.69. The lowest BCUT2D eigenvalue weighted by molar-refractivity contribution is 0.0955. The summed E-state index contributed by atoms with van der Waals surface area (Å²) in [6, 6.07) is 2.60. The second kappa shape index (κ2) is 4.25. The number of rotatable bonds is 3. The van der Waals surface area contributed by atoms with Crippen molar-refractivity contribution < 1.29 is 9.21 Å². The molecule has 0 aliphatic heterocycles. The predicted octanol–water partition coefficient (Wildman–Crippen LogP) is 0.556. The van der Waals surface area contributed by atoms with Crippen LogP contribution in [0, 0.1) is 0 Å². The van der Waals surface area contributed by atoms with E-state index in [4.69, 9.17) is 0 Å². The molecule has 0 atom stereocenters. The van der Waals surface area contributed by atoms with Crippen molar-refractivity contribution in [3.8, 4) is 0 Å². The molecule has 0 unspecified atom stereocenters. The average molecular weight is 179 g/mol. The highest BCUT2D eigenvalue weighted by atomic mass is 16.4. The summed E-state index contributed by atoms with van der Waals surface area (Å²) in [7, 11) is 0. The van der Waals surface area contributed by atoms with Gasteiger partial charge in [-0.15, -0.1) is 6.58 Å². The Hall–Kier alpha value is -1.84. The molecule has 0 aromatic carbocycles. The third kappa shape index (κ3) is 2.59. The molecule has 4 heteroatoms. The Bertz CT molecular complexity index is 347. The SMILES string of the molecule is C=CCNC(=O)c1ccc(=O)oc1. The van der Waals surface area contributed by atoms with E-state index in [9.17, 15) is 9.59 Å². The lowest BCUT2D eigenvalue weighted by atomic mass is 10.3. The summed E-state index contributed by atoms with van der Waals surface area (Å²) >= 11 is 0. The minimum atomic E-state index is -0.472. The van der Waals surface area contributed by atoms with Gasteiger partial charge in [0.25, 0.3) is 5.91 Å². The second-order valence-corrected chi connectivity index (χ2v) is 2.34. The lowest BCUT2D eigenvalue weighted by Gasteiger charge is -1.99. The molecule has 0 radical (unpaired) electrons. The summed E-state index contributed by atoms with van der Waals surface area (Å²) in [5.74, 6) is -0.288. The monoisotopic (exact) mass is 179 g/mol. The Labute approximate surface area is 74.9 Å². The Kier molecular flexibility index (Phi) is 3.03. The number of amides is 1. The molecule has 0 saturated carbocycles. The average Bonchev–Trinajstić information content (AvgIpc) is 2.15. The number of hydrogen-bond acceptors (Lipinski definition) is 3. The first-order valence-electron chi connectivity index (χ1n) is 3.72. The summed E-state index contributed by atoms with van der Waals surface area (Å²) < 4.78 is 4.52. The molecular weight excluding hydrogens is 170 g/mol. The Morgan fingerprint density at radius 1 is 1.62 bits per heavy atom. The van der Waals surface area contributed by atoms with Crippen LogP contribution in [-0.4, -0.2) is 12.5 Å². The first-order chi connectivity index (χ1) is 6.24. The Morgan fingerprint density at radius 2 is 2.38 bits per heavy atom. The van der Waals surface area contributed by atoms with Crippen LogP contribution < -0.4 is 10.9 Å². The van der Waals surface area contributed by atoms with Gasteiger partial charge in [-0.3, -0.25) is 4.79 Å². The molecule has 13 heavy (non-hydrogen) atoms. The van der Waals surface area contributed by atoms with Gasteiger partial charge in [0, 0.05) is 12.6 Å². The summed E-state index contributed by atoms with van der Waals surface area (Å²) in [5, 5.41) is 2.55. The largest absolute Gasteiger partial charge is 0.430 e. The first kappa shape index (κ1) is 9.25. The molecule has 1 heterocycles. The molecule has 1 aromatic rings. The zero-order valence-electron chi connectivity index (χ0n) is 6.95. The first-order valence-corrected chi connectivity index (χ1v) is 3.72. The maximum absolute atomic E-state index is 11.2. The number of hydrogen-bond donors (Lipinski definition) is 1. The standard InChI is InChI=1S/C9H9NO3/c1-2-5-10-9(12)7-3-4-8(11)13-6-7/h2-4,6H,1,5H2,(H,10,12). The van der Waals surface area contributed by atoms with Crippen LogP contribution in [0.1, 0.15) is 10.4 Å². The molecule has 0 spiro atoms. The van der Waals surface area contributed by atoms with Gasteiger partial charge >= 0.3 is 5.63 Å².